The van der Waals surface area contributed by atoms with E-state index in [4.69, 9.17) is 4.63 Å². The van der Waals surface area contributed by atoms with Crippen molar-refractivity contribution in [2.24, 2.45) is 5.92 Å². The normalized spacial score (nSPS) is 29.0. The Hall–Kier alpha value is -1.23. The Balaban J connectivity index is 1.70. The minimum absolute atomic E-state index is 0.247. The molecule has 0 aromatic carbocycles. The maximum absolute atomic E-state index is 12.1. The Kier molecular flexibility index (Phi) is 3.64. The number of hydrogen-bond acceptors (Lipinski definition) is 5. The highest BCUT2D eigenvalue weighted by Gasteiger charge is 2.37. The van der Waals surface area contributed by atoms with Gasteiger partial charge >= 0.3 is 0 Å². The number of ketones is 1. The van der Waals surface area contributed by atoms with Crippen LogP contribution in [0.2, 0.25) is 0 Å². The molecule has 2 heterocycles. The van der Waals surface area contributed by atoms with E-state index >= 15 is 0 Å². The van der Waals surface area contributed by atoms with E-state index < -0.39 is 0 Å². The predicted octanol–water partition coefficient (Wildman–Crippen LogP) is 2.10. The average Bonchev–Trinajstić information content (AvgIpc) is 3.01. The number of aromatic nitrogens is 2. The van der Waals surface area contributed by atoms with Gasteiger partial charge in [0.15, 0.2) is 0 Å². The van der Waals surface area contributed by atoms with Gasteiger partial charge < -0.3 is 0 Å². The molecule has 3 rings (SSSR count). The summed E-state index contributed by atoms with van der Waals surface area (Å²) in [4.78, 5) is 14.5. The molecule has 19 heavy (non-hydrogen) atoms. The van der Waals surface area contributed by atoms with Crippen LogP contribution in [-0.2, 0) is 11.3 Å². The van der Waals surface area contributed by atoms with Gasteiger partial charge in [-0.15, -0.1) is 0 Å². The molecule has 0 radical (unpaired) electrons. The Morgan fingerprint density at radius 3 is 2.89 bits per heavy atom. The Bertz CT molecular complexity index is 457. The van der Waals surface area contributed by atoms with E-state index in [0.29, 0.717) is 11.8 Å². The molecule has 0 bridgehead atoms. The summed E-state index contributed by atoms with van der Waals surface area (Å²) in [5, 5.41) is 7.80. The van der Waals surface area contributed by atoms with E-state index in [0.717, 1.165) is 50.2 Å². The standard InChI is InChI=1S/C14H21N3O2/c1-10-12(16-19-15-10)9-17-8-4-6-13(17)11-5-2-3-7-14(11)18/h11,13H,2-9H2,1H3. The summed E-state index contributed by atoms with van der Waals surface area (Å²) < 4.78 is 4.76. The van der Waals surface area contributed by atoms with E-state index in [1.807, 2.05) is 6.92 Å². The number of carbonyl (C=O) groups excluding carboxylic acids is 1. The molecule has 1 aliphatic heterocycles. The van der Waals surface area contributed by atoms with Crippen LogP contribution in [-0.4, -0.2) is 33.6 Å². The molecule has 104 valence electrons. The van der Waals surface area contributed by atoms with Gasteiger partial charge in [-0.25, -0.2) is 4.63 Å². The summed E-state index contributed by atoms with van der Waals surface area (Å²) in [6.45, 7) is 3.74. The highest BCUT2D eigenvalue weighted by molar-refractivity contribution is 5.82. The third-order valence-corrected chi connectivity index (χ3v) is 4.58. The molecule has 1 aromatic heterocycles. The smallest absolute Gasteiger partial charge is 0.137 e. The molecule has 0 amide bonds. The molecular formula is C14H21N3O2. The lowest BCUT2D eigenvalue weighted by molar-refractivity contribution is -0.126. The van der Waals surface area contributed by atoms with Crippen molar-refractivity contribution >= 4 is 5.78 Å². The van der Waals surface area contributed by atoms with Crippen LogP contribution >= 0.6 is 0 Å². The van der Waals surface area contributed by atoms with E-state index in [2.05, 4.69) is 15.2 Å². The third-order valence-electron chi connectivity index (χ3n) is 4.58. The monoisotopic (exact) mass is 263 g/mol. The van der Waals surface area contributed by atoms with Gasteiger partial charge in [-0.3, -0.25) is 9.69 Å². The van der Waals surface area contributed by atoms with Crippen molar-refractivity contribution in [1.82, 2.24) is 15.2 Å². The van der Waals surface area contributed by atoms with Crippen LogP contribution in [0.1, 0.15) is 49.9 Å². The first-order valence-corrected chi connectivity index (χ1v) is 7.30. The number of carbonyl (C=O) groups is 1. The minimum Gasteiger partial charge on any atom is -0.299 e. The molecule has 1 saturated carbocycles. The van der Waals surface area contributed by atoms with Crippen LogP contribution < -0.4 is 0 Å². The van der Waals surface area contributed by atoms with Gasteiger partial charge in [-0.2, -0.15) is 0 Å². The van der Waals surface area contributed by atoms with Crippen molar-refractivity contribution in [3.8, 4) is 0 Å². The van der Waals surface area contributed by atoms with Crippen molar-refractivity contribution in [3.63, 3.8) is 0 Å². The maximum atomic E-state index is 12.1. The first-order valence-electron chi connectivity index (χ1n) is 7.30. The summed E-state index contributed by atoms with van der Waals surface area (Å²) in [5.74, 6) is 0.717. The quantitative estimate of drug-likeness (QED) is 0.835. The maximum Gasteiger partial charge on any atom is 0.137 e. The van der Waals surface area contributed by atoms with Gasteiger partial charge in [0.25, 0.3) is 0 Å². The van der Waals surface area contributed by atoms with Gasteiger partial charge in [0, 0.05) is 24.9 Å². The van der Waals surface area contributed by atoms with Crippen molar-refractivity contribution in [3.05, 3.63) is 11.4 Å². The lowest BCUT2D eigenvalue weighted by Crippen LogP contribution is -2.40. The molecule has 1 aromatic rings. The van der Waals surface area contributed by atoms with Crippen LogP contribution in [0, 0.1) is 12.8 Å². The van der Waals surface area contributed by atoms with Crippen LogP contribution in [0.3, 0.4) is 0 Å². The average molecular weight is 263 g/mol. The minimum atomic E-state index is 0.247. The molecule has 1 saturated heterocycles. The molecule has 0 spiro atoms. The van der Waals surface area contributed by atoms with Crippen molar-refractivity contribution in [1.29, 1.82) is 0 Å². The van der Waals surface area contributed by atoms with E-state index in [9.17, 15) is 4.79 Å². The van der Waals surface area contributed by atoms with Crippen molar-refractivity contribution in [2.75, 3.05) is 6.54 Å². The van der Waals surface area contributed by atoms with E-state index in [-0.39, 0.29) is 5.92 Å². The fourth-order valence-electron chi connectivity index (χ4n) is 3.51. The van der Waals surface area contributed by atoms with Crippen LogP contribution in [0.4, 0.5) is 0 Å². The molecule has 2 atom stereocenters. The molecule has 2 fully saturated rings. The highest BCUT2D eigenvalue weighted by Crippen LogP contribution is 2.33. The second-order valence-corrected chi connectivity index (χ2v) is 5.79. The fraction of sp³-hybridized carbons (Fsp3) is 0.786. The van der Waals surface area contributed by atoms with Gasteiger partial charge in [0.05, 0.1) is 0 Å². The number of aryl methyl sites for hydroxylation is 1. The number of likely N-dealkylation sites (tertiary alicyclic amines) is 1. The Labute approximate surface area is 113 Å². The first kappa shape index (κ1) is 12.8. The zero-order valence-electron chi connectivity index (χ0n) is 11.5. The first-order chi connectivity index (χ1) is 9.25. The molecule has 2 unspecified atom stereocenters. The van der Waals surface area contributed by atoms with Gasteiger partial charge in [-0.1, -0.05) is 16.7 Å². The second kappa shape index (κ2) is 5.41. The lowest BCUT2D eigenvalue weighted by Gasteiger charge is -2.32. The summed E-state index contributed by atoms with van der Waals surface area (Å²) in [6, 6.07) is 0.406. The second-order valence-electron chi connectivity index (χ2n) is 5.79. The fourth-order valence-corrected chi connectivity index (χ4v) is 3.51. The number of Topliss-reactive ketones (excluding diaryl/α,β-unsaturated/α-hetero) is 1. The third kappa shape index (κ3) is 2.56. The predicted molar refractivity (Wildman–Crippen MR) is 69.4 cm³/mol. The van der Waals surface area contributed by atoms with E-state index in [1.54, 1.807) is 0 Å². The summed E-state index contributed by atoms with van der Waals surface area (Å²) >= 11 is 0. The molecule has 5 nitrogen and oxygen atoms in total. The highest BCUT2D eigenvalue weighted by atomic mass is 16.6. The molecule has 1 aliphatic carbocycles. The van der Waals surface area contributed by atoms with Crippen molar-refractivity contribution in [2.45, 2.75) is 58.0 Å². The lowest BCUT2D eigenvalue weighted by atomic mass is 9.82. The SMILES string of the molecule is Cc1nonc1CN1CCCC1C1CCCCC1=O. The van der Waals surface area contributed by atoms with Crippen LogP contribution in [0.15, 0.2) is 4.63 Å². The van der Waals surface area contributed by atoms with Crippen LogP contribution in [0.25, 0.3) is 0 Å². The molecule has 2 aliphatic rings. The largest absolute Gasteiger partial charge is 0.299 e. The number of hydrogen-bond donors (Lipinski definition) is 0. The summed E-state index contributed by atoms with van der Waals surface area (Å²) in [7, 11) is 0. The van der Waals surface area contributed by atoms with Gasteiger partial charge in [-0.05, 0) is 39.2 Å². The van der Waals surface area contributed by atoms with E-state index in [1.165, 1.54) is 12.8 Å². The zero-order valence-corrected chi connectivity index (χ0v) is 11.5. The Morgan fingerprint density at radius 2 is 2.16 bits per heavy atom. The van der Waals surface area contributed by atoms with Crippen LogP contribution in [0.5, 0.6) is 0 Å². The van der Waals surface area contributed by atoms with Crippen molar-refractivity contribution < 1.29 is 9.42 Å². The Morgan fingerprint density at radius 1 is 1.26 bits per heavy atom. The summed E-state index contributed by atoms with van der Waals surface area (Å²) in [5.41, 5.74) is 1.77. The molecular weight excluding hydrogens is 242 g/mol. The van der Waals surface area contributed by atoms with Gasteiger partial charge in [0.1, 0.15) is 17.2 Å². The number of nitrogens with zero attached hydrogens (tertiary/aromatic N) is 3. The number of rotatable bonds is 3. The summed E-state index contributed by atoms with van der Waals surface area (Å²) in [6.07, 6.45) is 6.44. The zero-order chi connectivity index (χ0) is 13.2. The molecule has 5 heteroatoms. The van der Waals surface area contributed by atoms with Gasteiger partial charge in [0.2, 0.25) is 0 Å². The molecule has 0 N–H and O–H groups in total. The topological polar surface area (TPSA) is 59.2 Å².